The van der Waals surface area contributed by atoms with Crippen LogP contribution in [-0.4, -0.2) is 27.0 Å². The Morgan fingerprint density at radius 2 is 1.82 bits per heavy atom. The van der Waals surface area contributed by atoms with Crippen molar-refractivity contribution < 1.29 is 4.92 Å². The molecule has 0 aliphatic heterocycles. The van der Waals surface area contributed by atoms with E-state index in [9.17, 15) is 10.1 Å². The maximum absolute atomic E-state index is 10.8. The van der Waals surface area contributed by atoms with Crippen LogP contribution in [0.1, 0.15) is 27.7 Å². The zero-order chi connectivity index (χ0) is 13.0. The van der Waals surface area contributed by atoms with Crippen molar-refractivity contribution in [1.82, 2.24) is 9.97 Å². The summed E-state index contributed by atoms with van der Waals surface area (Å²) in [4.78, 5) is 18.3. The summed E-state index contributed by atoms with van der Waals surface area (Å²) in [5.41, 5.74) is -0.118. The van der Waals surface area contributed by atoms with Gasteiger partial charge in [0.2, 0.25) is 11.8 Å². The zero-order valence-electron chi connectivity index (χ0n) is 10.4. The fourth-order valence-corrected chi connectivity index (χ4v) is 1.22. The summed E-state index contributed by atoms with van der Waals surface area (Å²) < 4.78 is 0. The smallest absolute Gasteiger partial charge is 0.329 e. The van der Waals surface area contributed by atoms with Gasteiger partial charge in [0.15, 0.2) is 0 Å². The van der Waals surface area contributed by atoms with Gasteiger partial charge in [-0.3, -0.25) is 10.1 Å². The van der Waals surface area contributed by atoms with E-state index in [-0.39, 0.29) is 23.6 Å². The second kappa shape index (κ2) is 5.42. The van der Waals surface area contributed by atoms with Gasteiger partial charge < -0.3 is 10.6 Å². The molecule has 0 radical (unpaired) electrons. The van der Waals surface area contributed by atoms with Gasteiger partial charge in [-0.05, 0) is 27.7 Å². The van der Waals surface area contributed by atoms with Gasteiger partial charge in [-0.1, -0.05) is 0 Å². The van der Waals surface area contributed by atoms with E-state index in [1.807, 2.05) is 27.7 Å². The van der Waals surface area contributed by atoms with Crippen molar-refractivity contribution in [2.45, 2.75) is 39.8 Å². The third-order valence-corrected chi connectivity index (χ3v) is 1.81. The van der Waals surface area contributed by atoms with Gasteiger partial charge in [-0.15, -0.1) is 0 Å². The van der Waals surface area contributed by atoms with Crippen LogP contribution in [0.5, 0.6) is 0 Å². The number of rotatable bonds is 5. The van der Waals surface area contributed by atoms with E-state index in [1.165, 1.54) is 6.20 Å². The lowest BCUT2D eigenvalue weighted by Gasteiger charge is -2.12. The number of nitro groups is 1. The molecule has 2 N–H and O–H groups in total. The van der Waals surface area contributed by atoms with E-state index in [0.29, 0.717) is 5.95 Å². The molecule has 1 rings (SSSR count). The Labute approximate surface area is 99.8 Å². The number of aromatic nitrogens is 2. The third-order valence-electron chi connectivity index (χ3n) is 1.81. The molecule has 0 atom stereocenters. The SMILES string of the molecule is CC(C)Nc1ncc([N+](=O)[O-])c(NC(C)C)n1. The molecule has 0 unspecified atom stereocenters. The largest absolute Gasteiger partial charge is 0.362 e. The normalized spacial score (nSPS) is 10.7. The lowest BCUT2D eigenvalue weighted by atomic mass is 10.3. The van der Waals surface area contributed by atoms with E-state index in [2.05, 4.69) is 20.6 Å². The summed E-state index contributed by atoms with van der Waals surface area (Å²) in [6.07, 6.45) is 1.21. The van der Waals surface area contributed by atoms with Crippen LogP contribution in [0.25, 0.3) is 0 Å². The first-order chi connectivity index (χ1) is 7.90. The quantitative estimate of drug-likeness (QED) is 0.603. The van der Waals surface area contributed by atoms with Crippen molar-refractivity contribution in [2.24, 2.45) is 0 Å². The van der Waals surface area contributed by atoms with Crippen LogP contribution in [0.4, 0.5) is 17.5 Å². The zero-order valence-corrected chi connectivity index (χ0v) is 10.4. The highest BCUT2D eigenvalue weighted by Gasteiger charge is 2.17. The second-order valence-electron chi connectivity index (χ2n) is 4.28. The number of nitrogens with one attached hydrogen (secondary N) is 2. The molecular formula is C10H17N5O2. The van der Waals surface area contributed by atoms with E-state index in [1.54, 1.807) is 0 Å². The number of nitrogens with zero attached hydrogens (tertiary/aromatic N) is 3. The predicted molar refractivity (Wildman–Crippen MR) is 66.2 cm³/mol. The minimum absolute atomic E-state index is 0.0653. The first kappa shape index (κ1) is 13.1. The number of hydrogen-bond donors (Lipinski definition) is 2. The third kappa shape index (κ3) is 3.86. The molecule has 0 amide bonds. The maximum atomic E-state index is 10.8. The molecule has 0 bridgehead atoms. The van der Waals surface area contributed by atoms with Crippen LogP contribution in [0.15, 0.2) is 6.20 Å². The Kier molecular flexibility index (Phi) is 4.19. The summed E-state index contributed by atoms with van der Waals surface area (Å²) >= 11 is 0. The van der Waals surface area contributed by atoms with Crippen LogP contribution < -0.4 is 10.6 Å². The van der Waals surface area contributed by atoms with Gasteiger partial charge in [0, 0.05) is 12.1 Å². The van der Waals surface area contributed by atoms with E-state index < -0.39 is 4.92 Å². The molecule has 17 heavy (non-hydrogen) atoms. The van der Waals surface area contributed by atoms with Crippen molar-refractivity contribution in [2.75, 3.05) is 10.6 Å². The van der Waals surface area contributed by atoms with Crippen LogP contribution in [0.2, 0.25) is 0 Å². The Hall–Kier alpha value is -1.92. The summed E-state index contributed by atoms with van der Waals surface area (Å²) in [5.74, 6) is 0.622. The Morgan fingerprint density at radius 3 is 2.29 bits per heavy atom. The van der Waals surface area contributed by atoms with Gasteiger partial charge in [-0.25, -0.2) is 4.98 Å². The molecule has 0 saturated heterocycles. The summed E-state index contributed by atoms with van der Waals surface area (Å²) in [7, 11) is 0. The monoisotopic (exact) mass is 239 g/mol. The Morgan fingerprint density at radius 1 is 1.24 bits per heavy atom. The highest BCUT2D eigenvalue weighted by Crippen LogP contribution is 2.22. The van der Waals surface area contributed by atoms with E-state index in [4.69, 9.17) is 0 Å². The molecule has 0 spiro atoms. The molecular weight excluding hydrogens is 222 g/mol. The fourth-order valence-electron chi connectivity index (χ4n) is 1.22. The van der Waals surface area contributed by atoms with Crippen molar-refractivity contribution >= 4 is 17.5 Å². The Balaban J connectivity index is 3.05. The molecule has 0 aliphatic rings. The van der Waals surface area contributed by atoms with Crippen molar-refractivity contribution in [1.29, 1.82) is 0 Å². The van der Waals surface area contributed by atoms with Crippen molar-refractivity contribution in [3.05, 3.63) is 16.3 Å². The highest BCUT2D eigenvalue weighted by atomic mass is 16.6. The second-order valence-corrected chi connectivity index (χ2v) is 4.28. The lowest BCUT2D eigenvalue weighted by Crippen LogP contribution is -2.17. The number of anilines is 2. The molecule has 7 nitrogen and oxygen atoms in total. The Bertz CT molecular complexity index is 406. The van der Waals surface area contributed by atoms with Crippen LogP contribution >= 0.6 is 0 Å². The average molecular weight is 239 g/mol. The number of hydrogen-bond acceptors (Lipinski definition) is 6. The van der Waals surface area contributed by atoms with Gasteiger partial charge in [0.1, 0.15) is 6.20 Å². The topological polar surface area (TPSA) is 93.0 Å². The maximum Gasteiger partial charge on any atom is 0.329 e. The van der Waals surface area contributed by atoms with Gasteiger partial charge in [-0.2, -0.15) is 4.98 Å². The van der Waals surface area contributed by atoms with Crippen molar-refractivity contribution in [3.63, 3.8) is 0 Å². The van der Waals surface area contributed by atoms with Crippen LogP contribution in [-0.2, 0) is 0 Å². The molecule has 0 aliphatic carbocycles. The first-order valence-electron chi connectivity index (χ1n) is 5.44. The molecule has 94 valence electrons. The minimum atomic E-state index is -0.496. The van der Waals surface area contributed by atoms with Crippen LogP contribution in [0.3, 0.4) is 0 Å². The molecule has 1 aromatic heterocycles. The van der Waals surface area contributed by atoms with E-state index in [0.717, 1.165) is 0 Å². The van der Waals surface area contributed by atoms with Gasteiger partial charge in [0.05, 0.1) is 4.92 Å². The molecule has 7 heteroatoms. The fraction of sp³-hybridized carbons (Fsp3) is 0.600. The average Bonchev–Trinajstić information content (AvgIpc) is 2.15. The molecule has 0 fully saturated rings. The first-order valence-corrected chi connectivity index (χ1v) is 5.44. The molecule has 0 aromatic carbocycles. The summed E-state index contributed by atoms with van der Waals surface area (Å²) in [6.45, 7) is 7.67. The summed E-state index contributed by atoms with van der Waals surface area (Å²) in [6, 6.07) is 0.235. The van der Waals surface area contributed by atoms with Gasteiger partial charge in [0.25, 0.3) is 0 Å². The van der Waals surface area contributed by atoms with Crippen molar-refractivity contribution in [3.8, 4) is 0 Å². The predicted octanol–water partition coefficient (Wildman–Crippen LogP) is 2.03. The molecule has 1 heterocycles. The van der Waals surface area contributed by atoms with Gasteiger partial charge >= 0.3 is 5.69 Å². The summed E-state index contributed by atoms with van der Waals surface area (Å²) in [5, 5.41) is 16.7. The van der Waals surface area contributed by atoms with Crippen LogP contribution in [0, 0.1) is 10.1 Å². The lowest BCUT2D eigenvalue weighted by molar-refractivity contribution is -0.384. The molecule has 0 saturated carbocycles. The molecule has 1 aromatic rings. The minimum Gasteiger partial charge on any atom is -0.362 e. The van der Waals surface area contributed by atoms with E-state index >= 15 is 0 Å². The standard InChI is InChI=1S/C10H17N5O2/c1-6(2)12-9-8(15(16)17)5-11-10(14-9)13-7(3)4/h5-7H,1-4H3,(H2,11,12,13,14). The highest BCUT2D eigenvalue weighted by molar-refractivity contribution is 5.57.